The lowest BCUT2D eigenvalue weighted by molar-refractivity contribution is 1.09. The molecule has 0 amide bonds. The highest BCUT2D eigenvalue weighted by molar-refractivity contribution is 7.13. The van der Waals surface area contributed by atoms with Gasteiger partial charge in [-0.1, -0.05) is 13.8 Å². The Kier molecular flexibility index (Phi) is 3.52. The molecule has 4 heteroatoms. The van der Waals surface area contributed by atoms with Crippen molar-refractivity contribution in [1.29, 1.82) is 0 Å². The predicted octanol–water partition coefficient (Wildman–Crippen LogP) is 2.54. The zero-order chi connectivity index (χ0) is 9.68. The molecule has 2 aromatic rings. The fourth-order valence-electron chi connectivity index (χ4n) is 0.900. The van der Waals surface area contributed by atoms with Crippen molar-refractivity contribution in [3.63, 3.8) is 0 Å². The minimum Gasteiger partial charge on any atom is -0.396 e. The summed E-state index contributed by atoms with van der Waals surface area (Å²) in [5, 5.41) is 2.99. The van der Waals surface area contributed by atoms with E-state index in [1.54, 1.807) is 23.9 Å². The van der Waals surface area contributed by atoms with Crippen molar-refractivity contribution in [1.82, 2.24) is 9.55 Å². The largest absolute Gasteiger partial charge is 0.396 e. The van der Waals surface area contributed by atoms with Gasteiger partial charge in [0.05, 0.1) is 12.0 Å². The highest BCUT2D eigenvalue weighted by Gasteiger charge is 2.00. The van der Waals surface area contributed by atoms with Crippen LogP contribution >= 0.6 is 11.3 Å². The highest BCUT2D eigenvalue weighted by Crippen LogP contribution is 2.22. The van der Waals surface area contributed by atoms with Crippen LogP contribution in [-0.4, -0.2) is 9.55 Å². The number of hydrogen-bond acceptors (Lipinski definition) is 3. The zero-order valence-electron chi connectivity index (χ0n) is 7.77. The molecule has 2 rings (SSSR count). The maximum atomic E-state index is 5.69. The number of imidazole rings is 1. The molecule has 2 heterocycles. The lowest BCUT2D eigenvalue weighted by Crippen LogP contribution is -1.91. The Bertz CT molecular complexity index is 337. The average Bonchev–Trinajstić information content (AvgIpc) is 2.77. The van der Waals surface area contributed by atoms with Gasteiger partial charge in [-0.05, 0) is 11.4 Å². The number of rotatable bonds is 1. The van der Waals surface area contributed by atoms with E-state index >= 15 is 0 Å². The van der Waals surface area contributed by atoms with Crippen LogP contribution in [0.5, 0.6) is 0 Å². The molecule has 0 unspecified atom stereocenters. The highest BCUT2D eigenvalue weighted by atomic mass is 32.1. The molecule has 0 saturated heterocycles. The Morgan fingerprint density at radius 1 is 1.46 bits per heavy atom. The molecular weight excluding hydrogens is 182 g/mol. The summed E-state index contributed by atoms with van der Waals surface area (Å²) >= 11 is 1.61. The van der Waals surface area contributed by atoms with E-state index in [1.807, 2.05) is 36.1 Å². The van der Waals surface area contributed by atoms with Gasteiger partial charge in [0.2, 0.25) is 0 Å². The van der Waals surface area contributed by atoms with Crippen LogP contribution in [0.3, 0.4) is 0 Å². The fraction of sp³-hybridized carbons (Fsp3) is 0.222. The number of anilines is 1. The Morgan fingerprint density at radius 2 is 2.23 bits per heavy atom. The Balaban J connectivity index is 0.000000396. The summed E-state index contributed by atoms with van der Waals surface area (Å²) in [7, 11) is 0. The van der Waals surface area contributed by atoms with E-state index in [0.29, 0.717) is 0 Å². The summed E-state index contributed by atoms with van der Waals surface area (Å²) in [5.41, 5.74) is 6.49. The first-order valence-corrected chi connectivity index (χ1v) is 5.07. The van der Waals surface area contributed by atoms with Crippen LogP contribution in [0.25, 0.3) is 5.00 Å². The molecule has 0 aliphatic carbocycles. The lowest BCUT2D eigenvalue weighted by atomic mass is 10.5. The number of nitrogens with zero attached hydrogens (tertiary/aromatic N) is 2. The monoisotopic (exact) mass is 195 g/mol. The zero-order valence-corrected chi connectivity index (χ0v) is 8.58. The molecule has 0 fully saturated rings. The number of nitrogen functional groups attached to an aromatic ring is 1. The van der Waals surface area contributed by atoms with Crippen LogP contribution in [0.15, 0.2) is 30.2 Å². The summed E-state index contributed by atoms with van der Waals surface area (Å²) < 4.78 is 1.90. The number of hydrogen-bond donors (Lipinski definition) is 1. The third kappa shape index (κ3) is 2.09. The van der Waals surface area contributed by atoms with E-state index < -0.39 is 0 Å². The molecule has 13 heavy (non-hydrogen) atoms. The molecule has 0 aliphatic rings. The third-order valence-electron chi connectivity index (χ3n) is 1.41. The minimum atomic E-state index is 0.799. The topological polar surface area (TPSA) is 43.8 Å². The second-order valence-electron chi connectivity index (χ2n) is 2.15. The van der Waals surface area contributed by atoms with Gasteiger partial charge in [0.25, 0.3) is 0 Å². The molecule has 0 radical (unpaired) electrons. The summed E-state index contributed by atoms with van der Waals surface area (Å²) in [4.78, 5) is 3.93. The van der Waals surface area contributed by atoms with Crippen LogP contribution in [-0.2, 0) is 0 Å². The van der Waals surface area contributed by atoms with Gasteiger partial charge in [-0.3, -0.25) is 4.57 Å². The molecule has 0 spiro atoms. The first-order chi connectivity index (χ1) is 6.38. The van der Waals surface area contributed by atoms with Gasteiger partial charge in [-0.15, -0.1) is 11.3 Å². The lowest BCUT2D eigenvalue weighted by Gasteiger charge is -1.96. The maximum absolute atomic E-state index is 5.69. The van der Waals surface area contributed by atoms with Crippen molar-refractivity contribution >= 4 is 17.0 Å². The number of thiophene rings is 1. The van der Waals surface area contributed by atoms with Gasteiger partial charge in [-0.25, -0.2) is 4.98 Å². The molecule has 2 aromatic heterocycles. The van der Waals surface area contributed by atoms with Crippen molar-refractivity contribution in [2.24, 2.45) is 0 Å². The molecule has 0 aromatic carbocycles. The van der Waals surface area contributed by atoms with Gasteiger partial charge >= 0.3 is 0 Å². The van der Waals surface area contributed by atoms with Crippen LogP contribution in [0.2, 0.25) is 0 Å². The molecule has 3 nitrogen and oxygen atoms in total. The van der Waals surface area contributed by atoms with E-state index in [-0.39, 0.29) is 0 Å². The van der Waals surface area contributed by atoms with Crippen molar-refractivity contribution < 1.29 is 0 Å². The molecule has 70 valence electrons. The third-order valence-corrected chi connectivity index (χ3v) is 2.36. The maximum Gasteiger partial charge on any atom is 0.124 e. The van der Waals surface area contributed by atoms with E-state index in [2.05, 4.69) is 4.98 Å². The van der Waals surface area contributed by atoms with Gasteiger partial charge in [0.1, 0.15) is 5.00 Å². The van der Waals surface area contributed by atoms with Crippen molar-refractivity contribution in [3.05, 3.63) is 30.2 Å². The quantitative estimate of drug-likeness (QED) is 0.760. The van der Waals surface area contributed by atoms with Crippen molar-refractivity contribution in [3.8, 4) is 5.00 Å². The molecule has 0 aliphatic heterocycles. The van der Waals surface area contributed by atoms with E-state index in [9.17, 15) is 0 Å². The van der Waals surface area contributed by atoms with Crippen molar-refractivity contribution in [2.75, 3.05) is 5.73 Å². The van der Waals surface area contributed by atoms with Crippen molar-refractivity contribution in [2.45, 2.75) is 13.8 Å². The van der Waals surface area contributed by atoms with Gasteiger partial charge < -0.3 is 5.73 Å². The first-order valence-electron chi connectivity index (χ1n) is 4.19. The average molecular weight is 195 g/mol. The first kappa shape index (κ1) is 9.80. The van der Waals surface area contributed by atoms with Crippen LogP contribution in [0, 0.1) is 0 Å². The van der Waals surface area contributed by atoms with E-state index in [1.165, 1.54) is 0 Å². The van der Waals surface area contributed by atoms with E-state index in [4.69, 9.17) is 5.73 Å². The molecule has 2 N–H and O–H groups in total. The smallest absolute Gasteiger partial charge is 0.124 e. The van der Waals surface area contributed by atoms with E-state index in [0.717, 1.165) is 10.7 Å². The van der Waals surface area contributed by atoms with Crippen LogP contribution in [0.4, 0.5) is 5.69 Å². The fourth-order valence-corrected chi connectivity index (χ4v) is 1.68. The summed E-state index contributed by atoms with van der Waals surface area (Å²) in [6.45, 7) is 4.00. The normalized spacial score (nSPS) is 9.08. The summed E-state index contributed by atoms with van der Waals surface area (Å²) in [6.07, 6.45) is 5.35. The Morgan fingerprint density at radius 3 is 2.69 bits per heavy atom. The Hall–Kier alpha value is -1.29. The predicted molar refractivity (Wildman–Crippen MR) is 57.2 cm³/mol. The van der Waals surface area contributed by atoms with Gasteiger partial charge in [0.15, 0.2) is 0 Å². The minimum absolute atomic E-state index is 0.799. The van der Waals surface area contributed by atoms with Crippen LogP contribution < -0.4 is 5.73 Å². The standard InChI is InChI=1S/C7H7N3S.C2H6/c8-6-1-4-11-7(6)10-3-2-9-5-10;1-2/h1-5H,8H2;1-2H3. The number of aromatic nitrogens is 2. The molecule has 0 bridgehead atoms. The van der Waals surface area contributed by atoms with Gasteiger partial charge in [-0.2, -0.15) is 0 Å². The number of nitrogens with two attached hydrogens (primary N) is 1. The second kappa shape index (κ2) is 4.67. The summed E-state index contributed by atoms with van der Waals surface area (Å²) in [6, 6.07) is 1.89. The summed E-state index contributed by atoms with van der Waals surface area (Å²) in [5.74, 6) is 0. The van der Waals surface area contributed by atoms with Crippen LogP contribution in [0.1, 0.15) is 13.8 Å². The second-order valence-corrected chi connectivity index (χ2v) is 3.05. The molecule has 0 atom stereocenters. The molecule has 0 saturated carbocycles. The Labute approximate surface area is 81.8 Å². The molecular formula is C9H13N3S. The SMILES string of the molecule is CC.Nc1ccsc1-n1ccnc1. The van der Waals surface area contributed by atoms with Gasteiger partial charge in [0, 0.05) is 12.4 Å².